The number of esters is 9. The van der Waals surface area contributed by atoms with Gasteiger partial charge in [-0.2, -0.15) is 87.0 Å². The molecular formula is C82H99F15NO42S8-5. The van der Waals surface area contributed by atoms with Crippen LogP contribution in [-0.2, 0) is 176 Å². The fraction of sp³-hybridized carbons (Fsp3) is 0.878. The van der Waals surface area contributed by atoms with Crippen LogP contribution in [0, 0.1) is 111 Å². The second-order valence-electron chi connectivity index (χ2n) is 42.0. The molecule has 148 heavy (non-hydrogen) atoms. The lowest BCUT2D eigenvalue weighted by atomic mass is 9.49. The number of carbonyl (C=O) groups excluding carboxylic acids is 10. The highest BCUT2D eigenvalue weighted by molar-refractivity contribution is 7.90. The van der Waals surface area contributed by atoms with E-state index in [1.807, 2.05) is 0 Å². The van der Waals surface area contributed by atoms with Crippen LogP contribution in [0.15, 0.2) is 0 Å². The van der Waals surface area contributed by atoms with Crippen LogP contribution in [0.1, 0.15) is 205 Å². The molecule has 842 valence electrons. The molecule has 4 saturated heterocycles. The molecule has 0 spiro atoms. The predicted molar refractivity (Wildman–Crippen MR) is 445 cm³/mol. The summed E-state index contributed by atoms with van der Waals surface area (Å²) in [7, 11) is -44.4. The monoisotopic (exact) mass is 2310 g/mol. The first-order valence-corrected chi connectivity index (χ1v) is 58.7. The molecule has 0 aromatic heterocycles. The highest BCUT2D eigenvalue weighted by Gasteiger charge is 2.72. The third-order valence-corrected chi connectivity index (χ3v) is 41.0. The average molecular weight is 2310 g/mol. The van der Waals surface area contributed by atoms with E-state index in [1.54, 1.807) is 0 Å². The van der Waals surface area contributed by atoms with Crippen molar-refractivity contribution in [3.63, 3.8) is 0 Å². The van der Waals surface area contributed by atoms with Gasteiger partial charge in [0.2, 0.25) is 10.1 Å². The maximum atomic E-state index is 13.6. The topological polar surface area (TPSA) is 675 Å². The van der Waals surface area contributed by atoms with Gasteiger partial charge in [-0.15, -0.1) is 0 Å². The van der Waals surface area contributed by atoms with Crippen LogP contribution in [0.5, 0.6) is 0 Å². The number of piperidine rings is 1. The minimum Gasteiger partial charge on any atom is -0.748 e. The van der Waals surface area contributed by atoms with E-state index in [0.717, 1.165) is 57.8 Å². The summed E-state index contributed by atoms with van der Waals surface area (Å²) in [4.78, 5) is 121. The Morgan fingerprint density at radius 1 is 0.466 bits per heavy atom. The van der Waals surface area contributed by atoms with E-state index in [-0.39, 0.29) is 127 Å². The van der Waals surface area contributed by atoms with Crippen molar-refractivity contribution in [3.8, 4) is 0 Å². The number of halogens is 15. The normalized spacial score (nSPS) is 35.9. The van der Waals surface area contributed by atoms with E-state index in [4.69, 9.17) is 37.3 Å². The number of fused-ring (bicyclic) bond motifs is 5. The van der Waals surface area contributed by atoms with E-state index < -0.39 is 275 Å². The highest BCUT2D eigenvalue weighted by Crippen LogP contribution is 2.64. The van der Waals surface area contributed by atoms with Gasteiger partial charge in [-0.05, 0) is 178 Å². The average Bonchev–Trinajstić information content (AvgIpc) is 1.53. The molecule has 0 amide bonds. The number of hydrogen-bond donors (Lipinski definition) is 1. The van der Waals surface area contributed by atoms with Crippen molar-refractivity contribution in [3.05, 3.63) is 0 Å². The van der Waals surface area contributed by atoms with Gasteiger partial charge >= 0.3 is 92.3 Å². The first-order valence-electron chi connectivity index (χ1n) is 47.1. The molecule has 21 rings (SSSR count). The van der Waals surface area contributed by atoms with Crippen LogP contribution in [0.3, 0.4) is 0 Å². The van der Waals surface area contributed by atoms with Crippen LogP contribution in [0.25, 0.3) is 0 Å². The number of ketones is 1. The number of Topliss-reactive ketones (excluding diaryl/α,β-unsaturated/α-hetero) is 1. The fourth-order valence-electron chi connectivity index (χ4n) is 26.3. The lowest BCUT2D eigenvalue weighted by molar-refractivity contribution is -0.265. The third-order valence-electron chi connectivity index (χ3n) is 32.3. The van der Waals surface area contributed by atoms with Crippen molar-refractivity contribution < 1.29 is 255 Å². The molecule has 21 fully saturated rings. The zero-order valence-corrected chi connectivity index (χ0v) is 83.5. The fourth-order valence-corrected chi connectivity index (χ4v) is 32.2. The highest BCUT2D eigenvalue weighted by atomic mass is 32.2. The molecule has 0 radical (unpaired) electrons. The summed E-state index contributed by atoms with van der Waals surface area (Å²) < 4.78 is 485. The summed E-state index contributed by atoms with van der Waals surface area (Å²) >= 11 is 0. The number of carbonyl (C=O) groups is 10. The first kappa shape index (κ1) is 117. The summed E-state index contributed by atoms with van der Waals surface area (Å²) in [5.74, 6) is -16.7. The molecule has 16 bridgehead atoms. The Hall–Kier alpha value is -6.87. The van der Waals surface area contributed by atoms with Crippen LogP contribution in [0.2, 0.25) is 0 Å². The molecular weight excluding hydrogens is 2210 g/mol. The van der Waals surface area contributed by atoms with Crippen molar-refractivity contribution in [1.82, 2.24) is 4.31 Å². The Morgan fingerprint density at radius 3 is 1.39 bits per heavy atom. The van der Waals surface area contributed by atoms with Gasteiger partial charge in [0, 0.05) is 78.7 Å². The smallest absolute Gasteiger partial charge is 0.499 e. The van der Waals surface area contributed by atoms with Gasteiger partial charge in [-0.25, -0.2) is 50.5 Å². The van der Waals surface area contributed by atoms with Gasteiger partial charge in [0.25, 0.3) is 36.4 Å². The summed E-state index contributed by atoms with van der Waals surface area (Å²) in [5.41, 5.74) is -7.52. The zero-order chi connectivity index (χ0) is 110. The second kappa shape index (κ2) is 41.0. The molecule has 43 nitrogen and oxygen atoms in total. The van der Waals surface area contributed by atoms with Crippen LogP contribution in [-0.4, -0.2) is 281 Å². The van der Waals surface area contributed by atoms with Crippen molar-refractivity contribution in [2.24, 2.45) is 111 Å². The third kappa shape index (κ3) is 23.6. The van der Waals surface area contributed by atoms with Gasteiger partial charge in [-0.1, -0.05) is 25.7 Å². The van der Waals surface area contributed by atoms with Gasteiger partial charge < -0.3 is 65.4 Å². The second-order valence-corrected chi connectivity index (χ2v) is 54.6. The Balaban J connectivity index is 0.000000142. The van der Waals surface area contributed by atoms with Crippen molar-refractivity contribution in [2.45, 2.75) is 309 Å². The molecule has 66 heteroatoms. The summed E-state index contributed by atoms with van der Waals surface area (Å²) in [6, 6.07) is 0. The maximum Gasteiger partial charge on any atom is 0.499 e. The summed E-state index contributed by atoms with van der Waals surface area (Å²) in [5, 5.41) is -24.8. The lowest BCUT2D eigenvalue weighted by Crippen LogP contribution is -2.58. The first-order chi connectivity index (χ1) is 67.7. The molecule has 4 heterocycles. The maximum absolute atomic E-state index is 13.6. The molecule has 0 aromatic rings. The molecule has 17 aliphatic carbocycles. The number of ether oxygens (including phenoxy) is 9. The molecule has 23 unspecified atom stereocenters. The molecule has 23 atom stereocenters. The van der Waals surface area contributed by atoms with Crippen LogP contribution < -0.4 is 0 Å². The van der Waals surface area contributed by atoms with E-state index in [9.17, 15) is 208 Å². The number of alkyl halides is 15. The van der Waals surface area contributed by atoms with Crippen LogP contribution >= 0.6 is 0 Å². The Kier molecular flexibility index (Phi) is 32.3. The SMILES string of the molecule is O=C(CC(C(=O)OC1C2CC3C(=O)OC1C3C2)S(=O)(=O)O)OC1C2CC3C(=O)OC1C3C2.O=C(CCC(F)(F)C(F)(F)S(=O)(=O)[O-])OC1C2CCC(C2)C1OC(=O)C1CCCCC1.O=C(CS(=O)(=O)[O-])OC1C2CC3C1OS(=O)(=O)C3C2.O=C(OC(F)(F)S(=O)(=O)[O-])C12CC3CC(CC(C3)C1)C2.O=C1C2CC3CC1CC(C(=O)OC(C(F)(F)F)C(F)(F)S(=O)(=O)[O-])(C3)C2.O=S(=O)([O-])C(F)(F)CC(F)(F)S(=O)(=O)N1CCCCC1. The molecule has 0 aromatic carbocycles. The standard InChI is InChI=1S/C20H22O11S.C19H26F4O7S.C14H15F5O6S.C12H16F2O5S.C9H12O8S2.C8H13F4NO5S2/c21-13(28-14-6-1-8-10(3-6)18(22)30-16(8)14)5-12(32(25,26)27)20(24)29-15-7-2-9-11(4-7)19(23)31-17(9)15;20-18(21,19(22,23)31(26,27)28)9-8-14(24)29-15-12-6-7-13(10-12)16(15)30-17(25)11-4-2-1-3-5-11;15-13(16,17)10(14(18,19)26(22,23)24)25-11(21)12-3-6-1-7(4-12)9(20)8(2-6)5-12;13-12(14,20(16,17)18)19-10(15)11-4-7-1-8(5-11)3-9(2-7)6-11;10-7(3-18(11,12)13)16-8-4-1-5-6(2-4)19(14,15)17-9(5)8;9-7(10,6-8(11,12)20(16,17)18)19(14,15)13-4-2-1-3-5-13/h6-12,14-17H,1-5H2,(H,25,26,27);11-13,15-16H,1-10H2,(H,26,27,28);6-8,10H,1-5H2,(H,22,23,24);7-9H,1-6H2,(H,16,17,18);4-6,8-9H,1-3H2,(H,11,12,13);1-6H2,(H,16,17,18)/p-5. The van der Waals surface area contributed by atoms with Crippen LogP contribution in [0.4, 0.5) is 65.9 Å². The number of rotatable bonds is 29. The summed E-state index contributed by atoms with van der Waals surface area (Å²) in [6.07, 6.45) is -6.76. The van der Waals surface area contributed by atoms with Crippen molar-refractivity contribution in [1.29, 1.82) is 0 Å². The van der Waals surface area contributed by atoms with Gasteiger partial charge in [0.15, 0.2) is 35.6 Å². The minimum atomic E-state index is -6.73. The Bertz CT molecular complexity index is 6120. The predicted octanol–water partition coefficient (Wildman–Crippen LogP) is 6.33. The molecule has 17 saturated carbocycles. The molecule has 21 aliphatic rings. The molecule has 1 N–H and O–H groups in total. The number of nitrogens with zero attached hydrogens (tertiary/aromatic N) is 1. The quantitative estimate of drug-likeness (QED) is 0.0281. The van der Waals surface area contributed by atoms with Crippen molar-refractivity contribution >= 4 is 140 Å². The number of sulfonamides is 1. The lowest BCUT2D eigenvalue weighted by Gasteiger charge is -2.55. The zero-order valence-electron chi connectivity index (χ0n) is 77.0. The van der Waals surface area contributed by atoms with Gasteiger partial charge in [0.05, 0.1) is 46.7 Å². The largest absolute Gasteiger partial charge is 0.748 e. The minimum absolute atomic E-state index is 0.0108. The number of hydrogen-bond acceptors (Lipinski definition) is 41. The van der Waals surface area contributed by atoms with E-state index in [0.29, 0.717) is 125 Å². The van der Waals surface area contributed by atoms with Gasteiger partial charge in [-0.3, -0.25) is 56.7 Å². The van der Waals surface area contributed by atoms with Gasteiger partial charge in [0.1, 0.15) is 76.9 Å². The van der Waals surface area contributed by atoms with E-state index in [2.05, 4.69) is 9.47 Å². The molecule has 4 aliphatic heterocycles. The summed E-state index contributed by atoms with van der Waals surface area (Å²) in [6.45, 7) is -0.513. The Labute approximate surface area is 835 Å². The van der Waals surface area contributed by atoms with E-state index in [1.165, 1.54) is 0 Å². The Morgan fingerprint density at radius 2 is 0.919 bits per heavy atom. The van der Waals surface area contributed by atoms with E-state index >= 15 is 0 Å². The van der Waals surface area contributed by atoms with Crippen molar-refractivity contribution in [2.75, 3.05) is 18.8 Å².